The van der Waals surface area contributed by atoms with Crippen molar-refractivity contribution in [2.75, 3.05) is 6.26 Å². The van der Waals surface area contributed by atoms with Crippen LogP contribution in [0.25, 0.3) is 0 Å². The van der Waals surface area contributed by atoms with E-state index in [-0.39, 0.29) is 11.2 Å². The number of hydrogen-bond acceptors (Lipinski definition) is 3. The predicted molar refractivity (Wildman–Crippen MR) is 82.0 cm³/mol. The molecule has 0 heterocycles. The summed E-state index contributed by atoms with van der Waals surface area (Å²) >= 11 is 12.2. The zero-order valence-electron chi connectivity index (χ0n) is 11.2. The maximum Gasteiger partial charge on any atom is 0.150 e. The van der Waals surface area contributed by atoms with Crippen molar-refractivity contribution in [1.29, 1.82) is 0 Å². The average Bonchev–Trinajstić information content (AvgIpc) is 2.37. The number of hydrogen-bond donors (Lipinski definition) is 1. The minimum Gasteiger partial charge on any atom is -0.388 e. The van der Waals surface area contributed by atoms with Crippen molar-refractivity contribution in [2.24, 2.45) is 5.92 Å². The lowest BCUT2D eigenvalue weighted by Crippen LogP contribution is -2.30. The van der Waals surface area contributed by atoms with Crippen LogP contribution in [0.15, 0.2) is 18.2 Å². The highest BCUT2D eigenvalue weighted by molar-refractivity contribution is 7.91. The van der Waals surface area contributed by atoms with Crippen molar-refractivity contribution in [2.45, 2.75) is 37.0 Å². The third kappa shape index (κ3) is 3.48. The highest BCUT2D eigenvalue weighted by Gasteiger charge is 2.34. The molecular formula is C14H18Cl2O3S. The van der Waals surface area contributed by atoms with E-state index in [1.807, 2.05) is 0 Å². The Balaban J connectivity index is 2.23. The van der Waals surface area contributed by atoms with Gasteiger partial charge in [-0.1, -0.05) is 35.7 Å². The Morgan fingerprint density at radius 2 is 1.85 bits per heavy atom. The van der Waals surface area contributed by atoms with E-state index in [0.717, 1.165) is 12.8 Å². The number of benzene rings is 1. The molecule has 1 aliphatic carbocycles. The third-order valence-corrected chi connectivity index (χ3v) is 6.31. The largest absolute Gasteiger partial charge is 0.388 e. The van der Waals surface area contributed by atoms with Crippen molar-refractivity contribution in [3.05, 3.63) is 33.8 Å². The molecule has 0 radical (unpaired) electrons. The summed E-state index contributed by atoms with van der Waals surface area (Å²) in [5.74, 6) is -0.124. The smallest absolute Gasteiger partial charge is 0.150 e. The van der Waals surface area contributed by atoms with Gasteiger partial charge in [0.25, 0.3) is 0 Å². The molecule has 3 atom stereocenters. The van der Waals surface area contributed by atoms with Crippen LogP contribution in [0.3, 0.4) is 0 Å². The highest BCUT2D eigenvalue weighted by atomic mass is 35.5. The van der Waals surface area contributed by atoms with Crippen LogP contribution in [0.2, 0.25) is 10.0 Å². The van der Waals surface area contributed by atoms with Gasteiger partial charge in [-0.25, -0.2) is 8.42 Å². The van der Waals surface area contributed by atoms with Crippen molar-refractivity contribution in [3.8, 4) is 0 Å². The summed E-state index contributed by atoms with van der Waals surface area (Å²) in [7, 11) is -3.07. The average molecular weight is 337 g/mol. The first kappa shape index (κ1) is 16.1. The van der Waals surface area contributed by atoms with E-state index in [4.69, 9.17) is 23.2 Å². The molecule has 1 fully saturated rings. The third-order valence-electron chi connectivity index (χ3n) is 4.01. The fourth-order valence-electron chi connectivity index (χ4n) is 2.89. The van der Waals surface area contributed by atoms with Crippen LogP contribution in [-0.2, 0) is 9.84 Å². The molecule has 3 nitrogen and oxygen atoms in total. The molecule has 1 saturated carbocycles. The zero-order valence-corrected chi connectivity index (χ0v) is 13.5. The summed E-state index contributed by atoms with van der Waals surface area (Å²) in [6, 6.07) is 5.09. The Morgan fingerprint density at radius 1 is 1.25 bits per heavy atom. The van der Waals surface area contributed by atoms with E-state index < -0.39 is 15.9 Å². The molecule has 2 rings (SSSR count). The van der Waals surface area contributed by atoms with Crippen LogP contribution in [0, 0.1) is 5.92 Å². The van der Waals surface area contributed by atoms with E-state index >= 15 is 0 Å². The van der Waals surface area contributed by atoms with E-state index in [9.17, 15) is 13.5 Å². The van der Waals surface area contributed by atoms with Gasteiger partial charge in [-0.3, -0.25) is 0 Å². The standard InChI is InChI=1S/C14H18Cl2O3S/c1-20(18,19)10-5-2-4-9(8-10)14(17)13-11(15)6-3-7-12(13)16/h3,6-7,9-10,14,17H,2,4-5,8H2,1H3. The monoisotopic (exact) mass is 336 g/mol. The molecule has 0 bridgehead atoms. The summed E-state index contributed by atoms with van der Waals surface area (Å²) in [5.41, 5.74) is 0.509. The topological polar surface area (TPSA) is 54.4 Å². The maximum absolute atomic E-state index is 11.7. The molecule has 0 saturated heterocycles. The van der Waals surface area contributed by atoms with E-state index in [1.54, 1.807) is 18.2 Å². The molecule has 3 unspecified atom stereocenters. The van der Waals surface area contributed by atoms with Crippen LogP contribution < -0.4 is 0 Å². The van der Waals surface area contributed by atoms with Gasteiger partial charge in [0.1, 0.15) is 9.84 Å². The molecule has 6 heteroatoms. The van der Waals surface area contributed by atoms with Gasteiger partial charge in [-0.2, -0.15) is 0 Å². The highest BCUT2D eigenvalue weighted by Crippen LogP contribution is 2.41. The Bertz CT molecular complexity index is 566. The molecule has 20 heavy (non-hydrogen) atoms. The Labute approximate surface area is 129 Å². The van der Waals surface area contributed by atoms with Gasteiger partial charge in [0.15, 0.2) is 0 Å². The molecule has 0 spiro atoms. The first-order valence-corrected chi connectivity index (χ1v) is 9.32. The van der Waals surface area contributed by atoms with E-state index in [2.05, 4.69) is 0 Å². The number of rotatable bonds is 3. The van der Waals surface area contributed by atoms with Gasteiger partial charge in [0.05, 0.1) is 11.4 Å². The fourth-order valence-corrected chi connectivity index (χ4v) is 4.70. The Kier molecular flexibility index (Phi) is 5.00. The first-order valence-electron chi connectivity index (χ1n) is 6.61. The van der Waals surface area contributed by atoms with Gasteiger partial charge in [-0.15, -0.1) is 0 Å². The van der Waals surface area contributed by atoms with E-state index in [0.29, 0.717) is 28.5 Å². The van der Waals surface area contributed by atoms with Crippen LogP contribution in [0.5, 0.6) is 0 Å². The SMILES string of the molecule is CS(=O)(=O)C1CCCC(C(O)c2c(Cl)cccc2Cl)C1. The second-order valence-electron chi connectivity index (χ2n) is 5.46. The zero-order chi connectivity index (χ0) is 14.9. The lowest BCUT2D eigenvalue weighted by molar-refractivity contribution is 0.0859. The number of halogens is 2. The molecule has 0 amide bonds. The second-order valence-corrected chi connectivity index (χ2v) is 8.60. The number of aliphatic hydroxyl groups is 1. The lowest BCUT2D eigenvalue weighted by atomic mass is 9.82. The molecule has 112 valence electrons. The van der Waals surface area contributed by atoms with Crippen molar-refractivity contribution in [3.63, 3.8) is 0 Å². The fraction of sp³-hybridized carbons (Fsp3) is 0.571. The van der Waals surface area contributed by atoms with Crippen molar-refractivity contribution < 1.29 is 13.5 Å². The van der Waals surface area contributed by atoms with Crippen molar-refractivity contribution >= 4 is 33.0 Å². The summed E-state index contributed by atoms with van der Waals surface area (Å²) in [6.45, 7) is 0. The summed E-state index contributed by atoms with van der Waals surface area (Å²) in [5, 5.41) is 11.0. The molecular weight excluding hydrogens is 319 g/mol. The Morgan fingerprint density at radius 3 is 2.40 bits per heavy atom. The van der Waals surface area contributed by atoms with Gasteiger partial charge in [0, 0.05) is 21.9 Å². The van der Waals surface area contributed by atoms with Crippen molar-refractivity contribution in [1.82, 2.24) is 0 Å². The number of aliphatic hydroxyl groups excluding tert-OH is 1. The lowest BCUT2D eigenvalue weighted by Gasteiger charge is -2.32. The second kappa shape index (κ2) is 6.22. The van der Waals surface area contributed by atoms with E-state index in [1.165, 1.54) is 6.26 Å². The molecule has 1 aliphatic rings. The maximum atomic E-state index is 11.7. The summed E-state index contributed by atoms with van der Waals surface area (Å²) < 4.78 is 23.4. The molecule has 1 aromatic rings. The van der Waals surface area contributed by atoms with Gasteiger partial charge < -0.3 is 5.11 Å². The predicted octanol–water partition coefficient (Wildman–Crippen LogP) is 3.63. The first-order chi connectivity index (χ1) is 9.30. The quantitative estimate of drug-likeness (QED) is 0.916. The van der Waals surface area contributed by atoms with Crippen LogP contribution in [0.4, 0.5) is 0 Å². The normalized spacial score (nSPS) is 25.4. The molecule has 1 N–H and O–H groups in total. The van der Waals surface area contributed by atoms with Gasteiger partial charge in [-0.05, 0) is 37.3 Å². The van der Waals surface area contributed by atoms with Crippen LogP contribution in [0.1, 0.15) is 37.4 Å². The molecule has 0 aliphatic heterocycles. The van der Waals surface area contributed by atoms with Gasteiger partial charge in [0.2, 0.25) is 0 Å². The minimum absolute atomic E-state index is 0.124. The number of sulfone groups is 1. The van der Waals surface area contributed by atoms with Crippen LogP contribution >= 0.6 is 23.2 Å². The molecule has 0 aromatic heterocycles. The Hall–Kier alpha value is -0.290. The van der Waals surface area contributed by atoms with Gasteiger partial charge >= 0.3 is 0 Å². The van der Waals surface area contributed by atoms with Crippen LogP contribution in [-0.4, -0.2) is 25.0 Å². The summed E-state index contributed by atoms with van der Waals surface area (Å²) in [4.78, 5) is 0. The summed E-state index contributed by atoms with van der Waals surface area (Å²) in [6.07, 6.45) is 3.14. The molecule has 1 aromatic carbocycles. The minimum atomic E-state index is -3.07.